The molecule has 0 N–H and O–H groups in total. The normalized spacial score (nSPS) is 11.3. The van der Waals surface area contributed by atoms with Gasteiger partial charge in [0, 0.05) is 59.7 Å². The van der Waals surface area contributed by atoms with Crippen LogP contribution in [0.1, 0.15) is 0 Å². The van der Waals surface area contributed by atoms with Gasteiger partial charge in [0.1, 0.15) is 11.4 Å². The van der Waals surface area contributed by atoms with Crippen LogP contribution in [-0.4, -0.2) is 20.4 Å². The molecule has 6 aromatic carbocycles. The van der Waals surface area contributed by atoms with Crippen LogP contribution in [0.3, 0.4) is 0 Å². The first-order valence-electron chi connectivity index (χ1n) is 16.2. The summed E-state index contributed by atoms with van der Waals surface area (Å²) in [7, 11) is 0. The second kappa shape index (κ2) is 12.4. The molecule has 0 aliphatic heterocycles. The van der Waals surface area contributed by atoms with Gasteiger partial charge in [-0.05, 0) is 46.2 Å². The van der Waals surface area contributed by atoms with E-state index >= 15 is 0 Å². The molecule has 0 spiro atoms. The van der Waals surface area contributed by atoms with Crippen LogP contribution in [0, 0.1) is 0 Å². The number of aromatic nitrogens is 4. The topological polar surface area (TPSA) is 51.6 Å². The molecule has 0 fully saturated rings. The molecule has 0 aliphatic carbocycles. The van der Waals surface area contributed by atoms with E-state index in [2.05, 4.69) is 138 Å². The molecule has 230 valence electrons. The van der Waals surface area contributed by atoms with E-state index < -0.39 is 0 Å². The van der Waals surface area contributed by atoms with E-state index in [4.69, 9.17) is 10.1 Å². The first kappa shape index (κ1) is 28.9. The van der Waals surface area contributed by atoms with E-state index in [1.54, 1.807) is 0 Å². The third kappa shape index (κ3) is 5.08. The largest absolute Gasteiger partial charge is 0.256 e. The summed E-state index contributed by atoms with van der Waals surface area (Å²) in [6.45, 7) is 0. The molecule has 0 saturated heterocycles. The first-order valence-corrected chi connectivity index (χ1v) is 17.1. The summed E-state index contributed by atoms with van der Waals surface area (Å²) in [4.78, 5) is 4.90. The molecule has 3 heterocycles. The van der Waals surface area contributed by atoms with Crippen LogP contribution in [0.4, 0.5) is 0 Å². The Balaban J connectivity index is 1.47. The average molecular weight is 645 g/mol. The number of hydrogen-bond donors (Lipinski definition) is 0. The number of nitrogens with zero attached hydrogens (tertiary/aromatic N) is 4. The highest BCUT2D eigenvalue weighted by molar-refractivity contribution is 7.26. The lowest BCUT2D eigenvalue weighted by Gasteiger charge is -2.21. The van der Waals surface area contributed by atoms with E-state index in [1.807, 2.05) is 53.9 Å². The molecule has 4 nitrogen and oxygen atoms in total. The minimum atomic E-state index is 0.767. The van der Waals surface area contributed by atoms with Crippen molar-refractivity contribution in [1.82, 2.24) is 20.4 Å². The van der Waals surface area contributed by atoms with Crippen LogP contribution in [0.5, 0.6) is 0 Å². The maximum Gasteiger partial charge on any atom is 0.105 e. The summed E-state index contributed by atoms with van der Waals surface area (Å²) in [6, 6.07) is 57.1. The fourth-order valence-corrected chi connectivity index (χ4v) is 7.99. The Hall–Kier alpha value is -6.30. The molecule has 49 heavy (non-hydrogen) atoms. The minimum Gasteiger partial charge on any atom is -0.256 e. The lowest BCUT2D eigenvalue weighted by atomic mass is 9.83. The van der Waals surface area contributed by atoms with Crippen LogP contribution in [-0.2, 0) is 0 Å². The van der Waals surface area contributed by atoms with Gasteiger partial charge < -0.3 is 0 Å². The van der Waals surface area contributed by atoms with Crippen molar-refractivity contribution in [2.24, 2.45) is 0 Å². The van der Waals surface area contributed by atoms with E-state index in [1.165, 1.54) is 20.2 Å². The molecule has 0 unspecified atom stereocenters. The average Bonchev–Trinajstić information content (AvgIpc) is 3.57. The molecule has 0 amide bonds. The van der Waals surface area contributed by atoms with Gasteiger partial charge in [-0.3, -0.25) is 4.98 Å². The lowest BCUT2D eigenvalue weighted by Crippen LogP contribution is -2.02. The monoisotopic (exact) mass is 644 g/mol. The van der Waals surface area contributed by atoms with Crippen molar-refractivity contribution in [2.45, 2.75) is 0 Å². The number of pyridine rings is 1. The summed E-state index contributed by atoms with van der Waals surface area (Å²) in [6.07, 6.45) is 1.86. The van der Waals surface area contributed by atoms with Crippen LogP contribution >= 0.6 is 11.3 Å². The quantitative estimate of drug-likeness (QED) is 0.181. The van der Waals surface area contributed by atoms with E-state index in [9.17, 15) is 0 Å². The highest BCUT2D eigenvalue weighted by atomic mass is 32.1. The van der Waals surface area contributed by atoms with Gasteiger partial charge in [0.25, 0.3) is 0 Å². The van der Waals surface area contributed by atoms with Gasteiger partial charge in [0.05, 0.1) is 5.69 Å². The van der Waals surface area contributed by atoms with Crippen LogP contribution in [0.25, 0.3) is 87.3 Å². The number of rotatable bonds is 6. The lowest BCUT2D eigenvalue weighted by molar-refractivity contribution is 0.879. The Morgan fingerprint density at radius 3 is 1.80 bits per heavy atom. The SMILES string of the molecule is c1ccc(-c2ccc3sc4ccccc4c3c2-c2c(-c3ccccn3)cccc2-c2nnnc(-c3ccccc3)c2-c2ccccc2)cc1. The summed E-state index contributed by atoms with van der Waals surface area (Å²) in [5.74, 6) is 0. The number of thiophene rings is 1. The maximum atomic E-state index is 4.90. The van der Waals surface area contributed by atoms with Gasteiger partial charge in [-0.15, -0.1) is 21.5 Å². The van der Waals surface area contributed by atoms with Gasteiger partial charge in [-0.1, -0.05) is 140 Å². The van der Waals surface area contributed by atoms with E-state index in [0.717, 1.165) is 67.2 Å². The smallest absolute Gasteiger partial charge is 0.105 e. The number of fused-ring (bicyclic) bond motifs is 3. The molecule has 3 aromatic heterocycles. The maximum absolute atomic E-state index is 4.90. The summed E-state index contributed by atoms with van der Waals surface area (Å²) < 4.78 is 2.48. The van der Waals surface area contributed by atoms with Crippen molar-refractivity contribution < 1.29 is 0 Å². The summed E-state index contributed by atoms with van der Waals surface area (Å²) in [5, 5.41) is 16.4. The minimum absolute atomic E-state index is 0.767. The molecule has 0 bridgehead atoms. The second-order valence-electron chi connectivity index (χ2n) is 11.9. The second-order valence-corrected chi connectivity index (χ2v) is 12.9. The predicted molar refractivity (Wildman–Crippen MR) is 203 cm³/mol. The predicted octanol–water partition coefficient (Wildman–Crippen LogP) is 11.6. The molecule has 9 aromatic rings. The zero-order valence-corrected chi connectivity index (χ0v) is 27.2. The van der Waals surface area contributed by atoms with Crippen molar-refractivity contribution in [3.05, 3.63) is 170 Å². The third-order valence-corrected chi connectivity index (χ3v) is 10.1. The Morgan fingerprint density at radius 1 is 0.388 bits per heavy atom. The highest BCUT2D eigenvalue weighted by Gasteiger charge is 2.26. The molecule has 9 rings (SSSR count). The number of hydrogen-bond acceptors (Lipinski definition) is 5. The summed E-state index contributed by atoms with van der Waals surface area (Å²) in [5.41, 5.74) is 11.9. The molecular formula is C44H28N4S. The fourth-order valence-electron chi connectivity index (χ4n) is 6.88. The van der Waals surface area contributed by atoms with Crippen LogP contribution < -0.4 is 0 Å². The molecule has 5 heteroatoms. The Kier molecular flexibility index (Phi) is 7.30. The van der Waals surface area contributed by atoms with E-state index in [-0.39, 0.29) is 0 Å². The van der Waals surface area contributed by atoms with Gasteiger partial charge in [-0.25, -0.2) is 0 Å². The third-order valence-electron chi connectivity index (χ3n) is 9.01. The fraction of sp³-hybridized carbons (Fsp3) is 0. The van der Waals surface area contributed by atoms with Crippen LogP contribution in [0.2, 0.25) is 0 Å². The molecule has 0 saturated carbocycles. The Bertz CT molecular complexity index is 2580. The van der Waals surface area contributed by atoms with Crippen molar-refractivity contribution in [3.63, 3.8) is 0 Å². The Labute approximate surface area is 288 Å². The van der Waals surface area contributed by atoms with Gasteiger partial charge in [-0.2, -0.15) is 0 Å². The van der Waals surface area contributed by atoms with Crippen molar-refractivity contribution in [1.29, 1.82) is 0 Å². The van der Waals surface area contributed by atoms with Gasteiger partial charge in [0.15, 0.2) is 0 Å². The molecule has 0 atom stereocenters. The van der Waals surface area contributed by atoms with Gasteiger partial charge >= 0.3 is 0 Å². The standard InChI is InChI=1S/C44H28N4S/c1-4-15-29(16-5-1)32-26-27-38-41(34-21-10-11-25-37(34)49-38)42(32)40-33(36-24-12-13-28-45-36)22-14-23-35(40)44-39(30-17-6-2-7-18-30)43(46-48-47-44)31-19-8-3-9-20-31/h1-28H. The molecule has 0 radical (unpaired) electrons. The Morgan fingerprint density at radius 2 is 1.04 bits per heavy atom. The van der Waals surface area contributed by atoms with E-state index in [0.29, 0.717) is 0 Å². The highest BCUT2D eigenvalue weighted by Crippen LogP contribution is 2.51. The first-order chi connectivity index (χ1) is 24.3. The summed E-state index contributed by atoms with van der Waals surface area (Å²) >= 11 is 1.82. The van der Waals surface area contributed by atoms with Crippen molar-refractivity contribution >= 4 is 31.5 Å². The van der Waals surface area contributed by atoms with Gasteiger partial charge in [0.2, 0.25) is 0 Å². The molecule has 0 aliphatic rings. The van der Waals surface area contributed by atoms with Crippen molar-refractivity contribution in [2.75, 3.05) is 0 Å². The zero-order chi connectivity index (χ0) is 32.6. The van der Waals surface area contributed by atoms with Crippen LogP contribution in [0.15, 0.2) is 170 Å². The zero-order valence-electron chi connectivity index (χ0n) is 26.4. The number of benzene rings is 6. The molecular weight excluding hydrogens is 617 g/mol. The van der Waals surface area contributed by atoms with Crippen molar-refractivity contribution in [3.8, 4) is 67.2 Å².